The van der Waals surface area contributed by atoms with Gasteiger partial charge in [-0.2, -0.15) is 0 Å². The number of ketones is 1. The van der Waals surface area contributed by atoms with Crippen molar-refractivity contribution in [2.45, 2.75) is 91.6 Å². The number of carbonyl (C=O) groups excluding carboxylic acids is 1. The van der Waals surface area contributed by atoms with Gasteiger partial charge < -0.3 is 0 Å². The average Bonchev–Trinajstić information content (AvgIpc) is 2.69. The van der Waals surface area contributed by atoms with Crippen molar-refractivity contribution in [1.82, 2.24) is 4.90 Å². The zero-order chi connectivity index (χ0) is 15.7. The predicted molar refractivity (Wildman–Crippen MR) is 87.3 cm³/mol. The third kappa shape index (κ3) is 2.29. The van der Waals surface area contributed by atoms with Gasteiger partial charge in [0.25, 0.3) is 0 Å². The van der Waals surface area contributed by atoms with Crippen LogP contribution in [0.5, 0.6) is 0 Å². The Hall–Kier alpha value is -0.370. The number of hydrogen-bond acceptors (Lipinski definition) is 2. The van der Waals surface area contributed by atoms with Crippen LogP contribution in [0.1, 0.15) is 80.1 Å². The molecule has 1 heterocycles. The largest absolute Gasteiger partial charge is 0.297 e. The fraction of sp³-hybridized carbons (Fsp3) is 0.947. The van der Waals surface area contributed by atoms with E-state index in [1.54, 1.807) is 0 Å². The minimum atomic E-state index is -0.225. The van der Waals surface area contributed by atoms with E-state index in [0.29, 0.717) is 16.6 Å². The van der Waals surface area contributed by atoms with Crippen LogP contribution < -0.4 is 0 Å². The maximum Gasteiger partial charge on any atom is 0.155 e. The molecule has 2 aliphatic carbocycles. The van der Waals surface area contributed by atoms with Gasteiger partial charge >= 0.3 is 0 Å². The second-order valence-corrected chi connectivity index (χ2v) is 10.1. The molecular weight excluding hydrogens is 258 g/mol. The summed E-state index contributed by atoms with van der Waals surface area (Å²) >= 11 is 0. The first-order chi connectivity index (χ1) is 9.51. The normalized spacial score (nSPS) is 35.8. The third-order valence-electron chi connectivity index (χ3n) is 6.57. The van der Waals surface area contributed by atoms with Crippen molar-refractivity contribution in [3.63, 3.8) is 0 Å². The summed E-state index contributed by atoms with van der Waals surface area (Å²) in [4.78, 5) is 15.5. The highest BCUT2D eigenvalue weighted by Crippen LogP contribution is 2.76. The molecule has 0 amide bonds. The zero-order valence-corrected chi connectivity index (χ0v) is 14.9. The highest BCUT2D eigenvalue weighted by Gasteiger charge is 2.71. The molecule has 0 N–H and O–H groups in total. The molecule has 21 heavy (non-hydrogen) atoms. The van der Waals surface area contributed by atoms with E-state index in [9.17, 15) is 4.79 Å². The molecule has 120 valence electrons. The Balaban J connectivity index is 1.87. The van der Waals surface area contributed by atoms with Crippen LogP contribution in [0, 0.1) is 16.2 Å². The fourth-order valence-corrected chi connectivity index (χ4v) is 5.29. The van der Waals surface area contributed by atoms with Gasteiger partial charge in [0.15, 0.2) is 5.78 Å². The van der Waals surface area contributed by atoms with Crippen molar-refractivity contribution in [3.8, 4) is 0 Å². The van der Waals surface area contributed by atoms with Gasteiger partial charge in [-0.05, 0) is 57.3 Å². The smallest absolute Gasteiger partial charge is 0.155 e. The topological polar surface area (TPSA) is 20.3 Å². The standard InChI is InChI=1S/C19H33NO/c1-16(2,3)15(21)14-11-19(13-20(14)17(4,5)6)12-18(19)9-7-8-10-18/h14H,7-13H2,1-6H3/t14-,19-/m0/s1. The lowest BCUT2D eigenvalue weighted by atomic mass is 9.82. The van der Waals surface area contributed by atoms with Crippen LogP contribution in [0.3, 0.4) is 0 Å². The minimum absolute atomic E-state index is 0.0947. The molecule has 0 aromatic rings. The summed E-state index contributed by atoms with van der Waals surface area (Å²) in [6, 6.07) is 0.143. The van der Waals surface area contributed by atoms with Crippen molar-refractivity contribution in [3.05, 3.63) is 0 Å². The first-order valence-electron chi connectivity index (χ1n) is 8.82. The van der Waals surface area contributed by atoms with E-state index < -0.39 is 0 Å². The average molecular weight is 291 g/mol. The van der Waals surface area contributed by atoms with Crippen LogP contribution in [0.2, 0.25) is 0 Å². The number of fused-ring (bicyclic) bond motifs is 1. The van der Waals surface area contributed by atoms with E-state index in [2.05, 4.69) is 46.4 Å². The van der Waals surface area contributed by atoms with Crippen molar-refractivity contribution in [2.75, 3.05) is 6.54 Å². The molecule has 3 rings (SSSR count). The lowest BCUT2D eigenvalue weighted by Crippen LogP contribution is -2.50. The van der Waals surface area contributed by atoms with E-state index in [0.717, 1.165) is 13.0 Å². The number of carbonyl (C=O) groups is 1. The third-order valence-corrected chi connectivity index (χ3v) is 6.57. The molecule has 0 aromatic carbocycles. The molecule has 1 saturated heterocycles. The first kappa shape index (κ1) is 15.5. The van der Waals surface area contributed by atoms with Gasteiger partial charge in [-0.25, -0.2) is 0 Å². The number of Topliss-reactive ketones (excluding diaryl/α,β-unsaturated/α-hetero) is 1. The molecular formula is C19H33NO. The fourth-order valence-electron chi connectivity index (χ4n) is 5.29. The molecule has 2 spiro atoms. The summed E-state index contributed by atoms with van der Waals surface area (Å²) in [6.07, 6.45) is 8.17. The Morgan fingerprint density at radius 2 is 1.57 bits per heavy atom. The molecule has 0 radical (unpaired) electrons. The lowest BCUT2D eigenvalue weighted by Gasteiger charge is -2.38. The van der Waals surface area contributed by atoms with Crippen LogP contribution in [-0.2, 0) is 4.79 Å². The van der Waals surface area contributed by atoms with Gasteiger partial charge in [0, 0.05) is 17.5 Å². The quantitative estimate of drug-likeness (QED) is 0.712. The summed E-state index contributed by atoms with van der Waals surface area (Å²) in [7, 11) is 0. The van der Waals surface area contributed by atoms with Crippen LogP contribution in [0.15, 0.2) is 0 Å². The Labute approximate surface area is 130 Å². The predicted octanol–water partition coefficient (Wildman–Crippen LogP) is 4.42. The Morgan fingerprint density at radius 3 is 2.05 bits per heavy atom. The van der Waals surface area contributed by atoms with E-state index in [4.69, 9.17) is 0 Å². The Bertz CT molecular complexity index is 447. The van der Waals surface area contributed by atoms with E-state index in [1.165, 1.54) is 32.1 Å². The van der Waals surface area contributed by atoms with Gasteiger partial charge in [-0.15, -0.1) is 0 Å². The molecule has 3 fully saturated rings. The lowest BCUT2D eigenvalue weighted by molar-refractivity contribution is -0.132. The molecule has 0 unspecified atom stereocenters. The molecule has 0 bridgehead atoms. The summed E-state index contributed by atoms with van der Waals surface area (Å²) in [5.41, 5.74) is 0.959. The monoisotopic (exact) mass is 291 g/mol. The van der Waals surface area contributed by atoms with E-state index >= 15 is 0 Å². The van der Waals surface area contributed by atoms with E-state index in [-0.39, 0.29) is 17.0 Å². The Morgan fingerprint density at radius 1 is 1.00 bits per heavy atom. The van der Waals surface area contributed by atoms with Crippen LogP contribution in [0.25, 0.3) is 0 Å². The zero-order valence-electron chi connectivity index (χ0n) is 14.9. The maximum absolute atomic E-state index is 13.0. The second kappa shape index (κ2) is 4.34. The number of likely N-dealkylation sites (tertiary alicyclic amines) is 1. The van der Waals surface area contributed by atoms with Gasteiger partial charge in [0.1, 0.15) is 0 Å². The van der Waals surface area contributed by atoms with E-state index in [1.807, 2.05) is 0 Å². The summed E-state index contributed by atoms with van der Waals surface area (Å²) in [5.74, 6) is 0.453. The molecule has 0 aromatic heterocycles. The van der Waals surface area contributed by atoms with Crippen molar-refractivity contribution < 1.29 is 4.79 Å². The van der Waals surface area contributed by atoms with Crippen LogP contribution >= 0.6 is 0 Å². The molecule has 2 atom stereocenters. The number of hydrogen-bond donors (Lipinski definition) is 0. The first-order valence-corrected chi connectivity index (χ1v) is 8.82. The highest BCUT2D eigenvalue weighted by atomic mass is 16.1. The van der Waals surface area contributed by atoms with Crippen LogP contribution in [0.4, 0.5) is 0 Å². The molecule has 2 heteroatoms. The summed E-state index contributed by atoms with van der Waals surface area (Å²) in [6.45, 7) is 14.2. The maximum atomic E-state index is 13.0. The highest BCUT2D eigenvalue weighted by molar-refractivity contribution is 5.89. The van der Waals surface area contributed by atoms with Crippen molar-refractivity contribution in [2.24, 2.45) is 16.2 Å². The number of rotatable bonds is 1. The molecule has 1 aliphatic heterocycles. The summed E-state index contributed by atoms with van der Waals surface area (Å²) < 4.78 is 0. The minimum Gasteiger partial charge on any atom is -0.297 e. The van der Waals surface area contributed by atoms with Gasteiger partial charge in [-0.1, -0.05) is 33.6 Å². The number of nitrogens with zero attached hydrogens (tertiary/aromatic N) is 1. The molecule has 2 nitrogen and oxygen atoms in total. The van der Waals surface area contributed by atoms with Crippen molar-refractivity contribution in [1.29, 1.82) is 0 Å². The van der Waals surface area contributed by atoms with Gasteiger partial charge in [0.05, 0.1) is 6.04 Å². The SMILES string of the molecule is CC(C)(C)C(=O)[C@@H]1C[C@@]2(CN1C(C)(C)C)CC21CCCC1. The van der Waals surface area contributed by atoms with Gasteiger partial charge in [0.2, 0.25) is 0 Å². The molecule has 2 saturated carbocycles. The van der Waals surface area contributed by atoms with Gasteiger partial charge in [-0.3, -0.25) is 9.69 Å². The molecule has 3 aliphatic rings. The van der Waals surface area contributed by atoms with Crippen LogP contribution in [-0.4, -0.2) is 28.8 Å². The van der Waals surface area contributed by atoms with Crippen molar-refractivity contribution >= 4 is 5.78 Å². The summed E-state index contributed by atoms with van der Waals surface area (Å²) in [5, 5.41) is 0. The second-order valence-electron chi connectivity index (χ2n) is 10.1. The Kier molecular flexibility index (Phi) is 3.21.